The van der Waals surface area contributed by atoms with Crippen LogP contribution in [0.5, 0.6) is 0 Å². The number of halogens is 1. The van der Waals surface area contributed by atoms with Gasteiger partial charge in [0.2, 0.25) is 5.91 Å². The maximum absolute atomic E-state index is 11.4. The van der Waals surface area contributed by atoms with Crippen LogP contribution in [0.15, 0.2) is 24.3 Å². The number of rotatable bonds is 6. The van der Waals surface area contributed by atoms with Gasteiger partial charge in [-0.25, -0.2) is 0 Å². The molecule has 1 aromatic rings. The molecule has 3 N–H and O–H groups in total. The van der Waals surface area contributed by atoms with E-state index in [4.69, 9.17) is 5.73 Å². The molecule has 1 aromatic carbocycles. The average molecular weight is 288 g/mol. The molecule has 0 fully saturated rings. The summed E-state index contributed by atoms with van der Waals surface area (Å²) in [5, 5.41) is 13.2. The second-order valence-corrected chi connectivity index (χ2v) is 3.98. The van der Waals surface area contributed by atoms with E-state index in [1.54, 1.807) is 12.1 Å². The first-order chi connectivity index (χ1) is 8.54. The van der Waals surface area contributed by atoms with Gasteiger partial charge in [0.15, 0.2) is 0 Å². The molecular weight excluding hydrogens is 270 g/mol. The molecule has 0 saturated carbocycles. The molecule has 0 aromatic heterocycles. The zero-order chi connectivity index (χ0) is 13.5. The van der Waals surface area contributed by atoms with Gasteiger partial charge in [0.1, 0.15) is 0 Å². The highest BCUT2D eigenvalue weighted by atomic mass is 35.5. The number of hydrogen-bond acceptors (Lipinski definition) is 4. The minimum absolute atomic E-state index is 0. The number of nitrogens with zero attached hydrogens (tertiary/aromatic N) is 1. The largest absolute Gasteiger partial charge is 0.354 e. The summed E-state index contributed by atoms with van der Waals surface area (Å²) in [5.41, 5.74) is 6.56. The fraction of sp³-hybridized carbons (Fsp3) is 0.417. The molecule has 1 amide bonds. The van der Waals surface area contributed by atoms with E-state index in [1.165, 1.54) is 12.1 Å². The normalized spacial score (nSPS) is 11.3. The zero-order valence-electron chi connectivity index (χ0n) is 10.7. The van der Waals surface area contributed by atoms with Crippen LogP contribution in [0.3, 0.4) is 0 Å². The molecule has 1 rings (SSSR count). The van der Waals surface area contributed by atoms with E-state index in [2.05, 4.69) is 5.32 Å². The van der Waals surface area contributed by atoms with Crippen LogP contribution in [-0.4, -0.2) is 23.4 Å². The van der Waals surface area contributed by atoms with E-state index in [-0.39, 0.29) is 24.0 Å². The molecule has 6 nitrogen and oxygen atoms in total. The van der Waals surface area contributed by atoms with Gasteiger partial charge in [-0.3, -0.25) is 14.9 Å². The molecule has 0 heterocycles. The molecule has 0 spiro atoms. The Labute approximate surface area is 117 Å². The molecule has 0 radical (unpaired) electrons. The first kappa shape index (κ1) is 17.3. The van der Waals surface area contributed by atoms with Crippen LogP contribution in [0, 0.1) is 10.1 Å². The minimum Gasteiger partial charge on any atom is -0.354 e. The van der Waals surface area contributed by atoms with Gasteiger partial charge in [0.25, 0.3) is 5.69 Å². The molecular formula is C12H18ClN3O3. The van der Waals surface area contributed by atoms with E-state index >= 15 is 0 Å². The lowest BCUT2D eigenvalue weighted by Crippen LogP contribution is -2.40. The number of carbonyl (C=O) groups is 1. The zero-order valence-corrected chi connectivity index (χ0v) is 11.5. The Morgan fingerprint density at radius 2 is 2.00 bits per heavy atom. The second kappa shape index (κ2) is 8.44. The number of nitro groups is 1. The molecule has 106 valence electrons. The SMILES string of the molecule is CC[C@H](N)C(=O)NCCc1ccc([N+](=O)[O-])cc1.Cl. The van der Waals surface area contributed by atoms with Gasteiger partial charge in [-0.2, -0.15) is 0 Å². The van der Waals surface area contributed by atoms with Gasteiger partial charge < -0.3 is 11.1 Å². The van der Waals surface area contributed by atoms with E-state index in [0.717, 1.165) is 5.56 Å². The Kier molecular flexibility index (Phi) is 7.71. The smallest absolute Gasteiger partial charge is 0.269 e. The topological polar surface area (TPSA) is 98.3 Å². The third-order valence-corrected chi connectivity index (χ3v) is 2.64. The highest BCUT2D eigenvalue weighted by Gasteiger charge is 2.09. The lowest BCUT2D eigenvalue weighted by Gasteiger charge is -2.09. The van der Waals surface area contributed by atoms with Gasteiger partial charge in [-0.1, -0.05) is 19.1 Å². The van der Waals surface area contributed by atoms with Crippen LogP contribution in [-0.2, 0) is 11.2 Å². The summed E-state index contributed by atoms with van der Waals surface area (Å²) in [6.07, 6.45) is 1.23. The summed E-state index contributed by atoms with van der Waals surface area (Å²) in [7, 11) is 0. The Balaban J connectivity index is 0.00000324. The summed E-state index contributed by atoms with van der Waals surface area (Å²) in [4.78, 5) is 21.4. The van der Waals surface area contributed by atoms with Crippen molar-refractivity contribution in [2.45, 2.75) is 25.8 Å². The summed E-state index contributed by atoms with van der Waals surface area (Å²) in [5.74, 6) is -0.167. The van der Waals surface area contributed by atoms with Crippen molar-refractivity contribution in [1.82, 2.24) is 5.32 Å². The second-order valence-electron chi connectivity index (χ2n) is 3.98. The molecule has 0 saturated heterocycles. The molecule has 7 heteroatoms. The first-order valence-corrected chi connectivity index (χ1v) is 5.81. The van der Waals surface area contributed by atoms with Crippen molar-refractivity contribution in [1.29, 1.82) is 0 Å². The number of nitro benzene ring substituents is 1. The van der Waals surface area contributed by atoms with Gasteiger partial charge >= 0.3 is 0 Å². The molecule has 0 aliphatic rings. The number of benzene rings is 1. The van der Waals surface area contributed by atoms with Crippen molar-refractivity contribution < 1.29 is 9.72 Å². The number of nitrogens with two attached hydrogens (primary N) is 1. The first-order valence-electron chi connectivity index (χ1n) is 5.81. The number of nitrogens with one attached hydrogen (secondary N) is 1. The summed E-state index contributed by atoms with van der Waals surface area (Å²) in [6.45, 7) is 2.32. The average Bonchev–Trinajstić information content (AvgIpc) is 2.38. The standard InChI is InChI=1S/C12H17N3O3.ClH/c1-2-11(13)12(16)14-8-7-9-3-5-10(6-4-9)15(17)18;/h3-6,11H,2,7-8,13H2,1H3,(H,14,16);1H/t11-;/m0./s1. The molecule has 0 aliphatic heterocycles. The van der Waals surface area contributed by atoms with Crippen molar-refractivity contribution in [3.8, 4) is 0 Å². The number of carbonyl (C=O) groups excluding carboxylic acids is 1. The Morgan fingerprint density at radius 1 is 1.42 bits per heavy atom. The van der Waals surface area contributed by atoms with Gasteiger partial charge in [-0.15, -0.1) is 12.4 Å². The number of amides is 1. The highest BCUT2D eigenvalue weighted by molar-refractivity contribution is 5.85. The fourth-order valence-corrected chi connectivity index (χ4v) is 1.43. The fourth-order valence-electron chi connectivity index (χ4n) is 1.43. The molecule has 0 aliphatic carbocycles. The summed E-state index contributed by atoms with van der Waals surface area (Å²) >= 11 is 0. The van der Waals surface area contributed by atoms with E-state index in [0.29, 0.717) is 19.4 Å². The van der Waals surface area contributed by atoms with Crippen molar-refractivity contribution in [2.24, 2.45) is 5.73 Å². The Bertz CT molecular complexity index is 423. The minimum atomic E-state index is -0.470. The molecule has 19 heavy (non-hydrogen) atoms. The van der Waals surface area contributed by atoms with Crippen LogP contribution in [0.25, 0.3) is 0 Å². The van der Waals surface area contributed by atoms with E-state index in [1.807, 2.05) is 6.92 Å². The third kappa shape index (κ3) is 5.67. The monoisotopic (exact) mass is 287 g/mol. The maximum Gasteiger partial charge on any atom is 0.269 e. The van der Waals surface area contributed by atoms with Crippen molar-refractivity contribution in [2.75, 3.05) is 6.54 Å². The number of hydrogen-bond donors (Lipinski definition) is 2. The lowest BCUT2D eigenvalue weighted by atomic mass is 10.1. The highest BCUT2D eigenvalue weighted by Crippen LogP contribution is 2.11. The quantitative estimate of drug-likeness (QED) is 0.610. The number of non-ortho nitro benzene ring substituents is 1. The Morgan fingerprint density at radius 3 is 2.47 bits per heavy atom. The van der Waals surface area contributed by atoms with Crippen molar-refractivity contribution in [3.05, 3.63) is 39.9 Å². The van der Waals surface area contributed by atoms with Gasteiger partial charge in [-0.05, 0) is 18.4 Å². The maximum atomic E-state index is 11.4. The van der Waals surface area contributed by atoms with Crippen LogP contribution in [0.2, 0.25) is 0 Å². The van der Waals surface area contributed by atoms with E-state index < -0.39 is 11.0 Å². The van der Waals surface area contributed by atoms with Crippen LogP contribution < -0.4 is 11.1 Å². The van der Waals surface area contributed by atoms with Gasteiger partial charge in [0.05, 0.1) is 11.0 Å². The molecule has 0 unspecified atom stereocenters. The van der Waals surface area contributed by atoms with Gasteiger partial charge in [0, 0.05) is 18.7 Å². The molecule has 0 bridgehead atoms. The summed E-state index contributed by atoms with van der Waals surface area (Å²) < 4.78 is 0. The Hall–Kier alpha value is -1.66. The van der Waals surface area contributed by atoms with E-state index in [9.17, 15) is 14.9 Å². The van der Waals surface area contributed by atoms with Crippen molar-refractivity contribution in [3.63, 3.8) is 0 Å². The van der Waals surface area contributed by atoms with Crippen molar-refractivity contribution >= 4 is 24.0 Å². The van der Waals surface area contributed by atoms with Crippen LogP contribution in [0.1, 0.15) is 18.9 Å². The van der Waals surface area contributed by atoms with Crippen LogP contribution >= 0.6 is 12.4 Å². The predicted molar refractivity (Wildman–Crippen MR) is 75.3 cm³/mol. The molecule has 1 atom stereocenters. The van der Waals surface area contributed by atoms with Crippen LogP contribution in [0.4, 0.5) is 5.69 Å². The predicted octanol–water partition coefficient (Wildman–Crippen LogP) is 1.41. The third-order valence-electron chi connectivity index (χ3n) is 2.64. The summed E-state index contributed by atoms with van der Waals surface area (Å²) in [6, 6.07) is 5.81. The lowest BCUT2D eigenvalue weighted by molar-refractivity contribution is -0.384.